The molecule has 0 aliphatic carbocycles. The zero-order chi connectivity index (χ0) is 15.0. The summed E-state index contributed by atoms with van der Waals surface area (Å²) in [5.41, 5.74) is 1.12. The minimum atomic E-state index is -0.485. The molecule has 0 spiro atoms. The number of hydrogen-bond acceptors (Lipinski definition) is 3. The molecule has 0 unspecified atom stereocenters. The summed E-state index contributed by atoms with van der Waals surface area (Å²) < 4.78 is 0. The van der Waals surface area contributed by atoms with Crippen molar-refractivity contribution in [1.29, 1.82) is 0 Å². The number of carbonyl (C=O) groups is 1. The molecule has 108 valence electrons. The van der Waals surface area contributed by atoms with Crippen LogP contribution in [0.5, 0.6) is 0 Å². The fraction of sp³-hybridized carbons (Fsp3) is 0.250. The topological polar surface area (TPSA) is 57.8 Å². The number of hydrogen-bond donors (Lipinski definition) is 2. The number of aromatic nitrogens is 2. The Hall–Kier alpha value is -2.14. The summed E-state index contributed by atoms with van der Waals surface area (Å²) in [5, 5.41) is 5.06. The van der Waals surface area contributed by atoms with Crippen molar-refractivity contribution in [2.75, 3.05) is 0 Å². The van der Waals surface area contributed by atoms with Crippen molar-refractivity contribution in [2.24, 2.45) is 0 Å². The molecular weight excluding hydrogens is 282 g/mol. The molecule has 0 atom stereocenters. The normalized spacial score (nSPS) is 11.8. The summed E-state index contributed by atoms with van der Waals surface area (Å²) in [7, 11) is 0. The first kappa shape index (κ1) is 13.8. The van der Waals surface area contributed by atoms with Crippen molar-refractivity contribution in [3.8, 4) is 0 Å². The van der Waals surface area contributed by atoms with Crippen LogP contribution in [0.1, 0.15) is 34.1 Å². The molecule has 1 aromatic carbocycles. The van der Waals surface area contributed by atoms with E-state index in [1.807, 2.05) is 57.4 Å². The molecule has 2 heterocycles. The molecule has 0 aliphatic heterocycles. The number of aromatic amines is 1. The number of nitrogens with one attached hydrogen (secondary N) is 2. The van der Waals surface area contributed by atoms with Gasteiger partial charge in [0.15, 0.2) is 0 Å². The first-order valence-corrected chi connectivity index (χ1v) is 7.60. The van der Waals surface area contributed by atoms with E-state index in [1.54, 1.807) is 11.3 Å². The van der Waals surface area contributed by atoms with Gasteiger partial charge < -0.3 is 10.3 Å². The van der Waals surface area contributed by atoms with Crippen molar-refractivity contribution < 1.29 is 4.79 Å². The van der Waals surface area contributed by atoms with Crippen molar-refractivity contribution in [3.05, 3.63) is 52.1 Å². The van der Waals surface area contributed by atoms with E-state index in [2.05, 4.69) is 15.3 Å². The van der Waals surface area contributed by atoms with Gasteiger partial charge in [0, 0.05) is 28.4 Å². The SMILES string of the molecule is Cc1cnc(C(C)(C)NC(=O)c2ccc3cc[nH]c3c2)s1. The summed E-state index contributed by atoms with van der Waals surface area (Å²) in [4.78, 5) is 21.1. The molecule has 0 fully saturated rings. The molecule has 5 heteroatoms. The zero-order valence-electron chi connectivity index (χ0n) is 12.2. The third-order valence-corrected chi connectivity index (χ3v) is 4.64. The largest absolute Gasteiger partial charge is 0.361 e. The van der Waals surface area contributed by atoms with Gasteiger partial charge in [-0.1, -0.05) is 6.07 Å². The Morgan fingerprint density at radius 3 is 2.86 bits per heavy atom. The highest BCUT2D eigenvalue weighted by molar-refractivity contribution is 7.11. The van der Waals surface area contributed by atoms with Crippen LogP contribution < -0.4 is 5.32 Å². The highest BCUT2D eigenvalue weighted by Crippen LogP contribution is 2.25. The molecule has 3 aromatic rings. The second-order valence-corrected chi connectivity index (χ2v) is 6.87. The van der Waals surface area contributed by atoms with Crippen LogP contribution in [-0.2, 0) is 5.54 Å². The maximum atomic E-state index is 12.5. The summed E-state index contributed by atoms with van der Waals surface area (Å²) in [6, 6.07) is 7.64. The van der Waals surface area contributed by atoms with Gasteiger partial charge in [0.05, 0.1) is 5.54 Å². The third kappa shape index (κ3) is 2.69. The molecule has 0 saturated carbocycles. The standard InChI is InChI=1S/C16H17N3OS/c1-10-9-18-15(21-10)16(2,3)19-14(20)12-5-4-11-6-7-17-13(11)8-12/h4-9,17H,1-3H3,(H,19,20). The number of aryl methyl sites for hydroxylation is 1. The van der Waals surface area contributed by atoms with Crippen LogP contribution >= 0.6 is 11.3 Å². The lowest BCUT2D eigenvalue weighted by Gasteiger charge is -2.23. The van der Waals surface area contributed by atoms with Gasteiger partial charge in [-0.3, -0.25) is 4.79 Å². The predicted molar refractivity (Wildman–Crippen MR) is 85.6 cm³/mol. The van der Waals surface area contributed by atoms with E-state index in [-0.39, 0.29) is 5.91 Å². The Morgan fingerprint density at radius 1 is 1.33 bits per heavy atom. The highest BCUT2D eigenvalue weighted by Gasteiger charge is 2.26. The Kier molecular flexibility index (Phi) is 3.29. The van der Waals surface area contributed by atoms with Gasteiger partial charge in [-0.25, -0.2) is 4.98 Å². The Bertz CT molecular complexity index is 801. The van der Waals surface area contributed by atoms with Gasteiger partial charge in [-0.2, -0.15) is 0 Å². The quantitative estimate of drug-likeness (QED) is 0.776. The zero-order valence-corrected chi connectivity index (χ0v) is 13.0. The number of H-pyrrole nitrogens is 1. The van der Waals surface area contributed by atoms with Crippen molar-refractivity contribution in [2.45, 2.75) is 26.3 Å². The van der Waals surface area contributed by atoms with Crippen LogP contribution in [-0.4, -0.2) is 15.9 Å². The van der Waals surface area contributed by atoms with Crippen LogP contribution in [0.25, 0.3) is 10.9 Å². The molecule has 3 rings (SSSR count). The van der Waals surface area contributed by atoms with Crippen LogP contribution in [0.4, 0.5) is 0 Å². The lowest BCUT2D eigenvalue weighted by atomic mass is 10.1. The van der Waals surface area contributed by atoms with Crippen LogP contribution in [0.3, 0.4) is 0 Å². The van der Waals surface area contributed by atoms with E-state index in [1.165, 1.54) is 0 Å². The summed E-state index contributed by atoms with van der Waals surface area (Å²) in [6.45, 7) is 5.95. The maximum Gasteiger partial charge on any atom is 0.252 e. The number of nitrogens with zero attached hydrogens (tertiary/aromatic N) is 1. The van der Waals surface area contributed by atoms with Crippen LogP contribution in [0.2, 0.25) is 0 Å². The summed E-state index contributed by atoms with van der Waals surface area (Å²) in [6.07, 6.45) is 3.70. The Labute approximate surface area is 127 Å². The molecule has 4 nitrogen and oxygen atoms in total. The molecule has 2 aromatic heterocycles. The van der Waals surface area contributed by atoms with Gasteiger partial charge in [0.2, 0.25) is 0 Å². The molecule has 21 heavy (non-hydrogen) atoms. The fourth-order valence-corrected chi connectivity index (χ4v) is 3.06. The van der Waals surface area contributed by atoms with E-state index in [0.29, 0.717) is 5.56 Å². The number of thiazole rings is 1. The molecular formula is C16H17N3OS. The first-order valence-electron chi connectivity index (χ1n) is 6.78. The predicted octanol–water partition coefficient (Wildman–Crippen LogP) is 3.60. The van der Waals surface area contributed by atoms with E-state index in [9.17, 15) is 4.79 Å². The lowest BCUT2D eigenvalue weighted by molar-refractivity contribution is 0.0912. The van der Waals surface area contributed by atoms with Crippen LogP contribution in [0.15, 0.2) is 36.7 Å². The molecule has 0 saturated heterocycles. The minimum Gasteiger partial charge on any atom is -0.361 e. The van der Waals surface area contributed by atoms with Crippen molar-refractivity contribution in [3.63, 3.8) is 0 Å². The van der Waals surface area contributed by atoms with Crippen molar-refractivity contribution in [1.82, 2.24) is 15.3 Å². The third-order valence-electron chi connectivity index (χ3n) is 3.40. The monoisotopic (exact) mass is 299 g/mol. The van der Waals surface area contributed by atoms with Gasteiger partial charge in [0.1, 0.15) is 5.01 Å². The van der Waals surface area contributed by atoms with E-state index < -0.39 is 5.54 Å². The van der Waals surface area contributed by atoms with Gasteiger partial charge >= 0.3 is 0 Å². The van der Waals surface area contributed by atoms with Crippen molar-refractivity contribution >= 4 is 28.1 Å². The van der Waals surface area contributed by atoms with E-state index in [4.69, 9.17) is 0 Å². The molecule has 0 bridgehead atoms. The molecule has 1 amide bonds. The van der Waals surface area contributed by atoms with E-state index in [0.717, 1.165) is 20.8 Å². The Balaban J connectivity index is 1.84. The second-order valence-electron chi connectivity index (χ2n) is 5.63. The smallest absolute Gasteiger partial charge is 0.252 e. The molecule has 2 N–H and O–H groups in total. The summed E-state index contributed by atoms with van der Waals surface area (Å²) in [5.74, 6) is -0.0932. The number of fused-ring (bicyclic) bond motifs is 1. The average molecular weight is 299 g/mol. The van der Waals surface area contributed by atoms with Gasteiger partial charge in [0.25, 0.3) is 5.91 Å². The number of amides is 1. The number of benzene rings is 1. The fourth-order valence-electron chi connectivity index (χ4n) is 2.24. The number of rotatable bonds is 3. The first-order chi connectivity index (χ1) is 9.95. The number of carbonyl (C=O) groups excluding carboxylic acids is 1. The van der Waals surface area contributed by atoms with Gasteiger partial charge in [-0.05, 0) is 44.4 Å². The van der Waals surface area contributed by atoms with Crippen LogP contribution in [0, 0.1) is 6.92 Å². The Morgan fingerprint density at radius 2 is 2.14 bits per heavy atom. The van der Waals surface area contributed by atoms with Gasteiger partial charge in [-0.15, -0.1) is 11.3 Å². The maximum absolute atomic E-state index is 12.5. The molecule has 0 radical (unpaired) electrons. The lowest BCUT2D eigenvalue weighted by Crippen LogP contribution is -2.40. The van der Waals surface area contributed by atoms with E-state index >= 15 is 0 Å². The summed E-state index contributed by atoms with van der Waals surface area (Å²) >= 11 is 1.60. The molecule has 0 aliphatic rings. The average Bonchev–Trinajstić information content (AvgIpc) is 3.05. The minimum absolute atomic E-state index is 0.0932. The second kappa shape index (κ2) is 5.00. The highest BCUT2D eigenvalue weighted by atomic mass is 32.1.